The summed E-state index contributed by atoms with van der Waals surface area (Å²) in [6, 6.07) is 12.7. The van der Waals surface area contributed by atoms with Crippen molar-refractivity contribution < 1.29 is 4.92 Å². The number of anilines is 2. The van der Waals surface area contributed by atoms with Crippen LogP contribution in [0.2, 0.25) is 0 Å². The third kappa shape index (κ3) is 2.88. The number of nitrogen functional groups attached to an aromatic ring is 1. The molecule has 0 fully saturated rings. The summed E-state index contributed by atoms with van der Waals surface area (Å²) in [7, 11) is 0. The first-order valence-electron chi connectivity index (χ1n) is 6.35. The molecule has 0 aliphatic heterocycles. The van der Waals surface area contributed by atoms with Crippen LogP contribution in [0.25, 0.3) is 0 Å². The number of benzene rings is 2. The highest BCUT2D eigenvalue weighted by molar-refractivity contribution is 5.65. The van der Waals surface area contributed by atoms with Crippen LogP contribution in [0, 0.1) is 17.0 Å². The van der Waals surface area contributed by atoms with E-state index in [0.717, 1.165) is 5.56 Å². The zero-order valence-electron chi connectivity index (χ0n) is 11.5. The minimum absolute atomic E-state index is 0.0453. The second-order valence-corrected chi connectivity index (χ2v) is 4.76. The van der Waals surface area contributed by atoms with Gasteiger partial charge in [-0.2, -0.15) is 0 Å². The molecule has 0 aliphatic rings. The maximum absolute atomic E-state index is 11.2. The van der Waals surface area contributed by atoms with Gasteiger partial charge in [-0.05, 0) is 37.6 Å². The monoisotopic (exact) mass is 271 g/mol. The summed E-state index contributed by atoms with van der Waals surface area (Å²) in [4.78, 5) is 10.8. The van der Waals surface area contributed by atoms with Gasteiger partial charge in [0.15, 0.2) is 0 Å². The number of rotatable bonds is 4. The maximum atomic E-state index is 11.2. The van der Waals surface area contributed by atoms with Crippen molar-refractivity contribution in [3.63, 3.8) is 0 Å². The Morgan fingerprint density at radius 2 is 1.85 bits per heavy atom. The number of nitro groups is 1. The first kappa shape index (κ1) is 13.9. The summed E-state index contributed by atoms with van der Waals surface area (Å²) >= 11 is 0. The lowest BCUT2D eigenvalue weighted by molar-refractivity contribution is -0.384. The third-order valence-corrected chi connectivity index (χ3v) is 3.23. The number of nitro benzene ring substituents is 1. The molecule has 0 spiro atoms. The van der Waals surface area contributed by atoms with Crippen LogP contribution in [0.15, 0.2) is 42.5 Å². The summed E-state index contributed by atoms with van der Waals surface area (Å²) in [5.41, 5.74) is 8.66. The molecular weight excluding hydrogens is 254 g/mol. The van der Waals surface area contributed by atoms with Crippen molar-refractivity contribution in [3.8, 4) is 0 Å². The molecule has 20 heavy (non-hydrogen) atoms. The number of nitrogens with one attached hydrogen (secondary N) is 1. The lowest BCUT2D eigenvalue weighted by Gasteiger charge is -2.16. The highest BCUT2D eigenvalue weighted by Crippen LogP contribution is 2.31. The third-order valence-electron chi connectivity index (χ3n) is 3.23. The van der Waals surface area contributed by atoms with Gasteiger partial charge in [0, 0.05) is 17.3 Å². The van der Waals surface area contributed by atoms with E-state index >= 15 is 0 Å². The van der Waals surface area contributed by atoms with Crippen molar-refractivity contribution >= 4 is 17.1 Å². The lowest BCUT2D eigenvalue weighted by Crippen LogP contribution is -2.09. The summed E-state index contributed by atoms with van der Waals surface area (Å²) in [5, 5.41) is 14.3. The number of nitrogens with two attached hydrogens (primary N) is 1. The molecule has 0 bridgehead atoms. The van der Waals surface area contributed by atoms with E-state index in [-0.39, 0.29) is 16.7 Å². The van der Waals surface area contributed by atoms with Gasteiger partial charge in [-0.25, -0.2) is 0 Å². The van der Waals surface area contributed by atoms with E-state index in [1.54, 1.807) is 25.1 Å². The van der Waals surface area contributed by atoms with Crippen molar-refractivity contribution in [1.29, 1.82) is 0 Å². The molecule has 3 N–H and O–H groups in total. The van der Waals surface area contributed by atoms with Crippen LogP contribution < -0.4 is 11.1 Å². The van der Waals surface area contributed by atoms with E-state index in [4.69, 9.17) is 5.73 Å². The Hall–Kier alpha value is -2.56. The van der Waals surface area contributed by atoms with Crippen molar-refractivity contribution in [2.45, 2.75) is 19.9 Å². The van der Waals surface area contributed by atoms with Crippen LogP contribution in [-0.4, -0.2) is 4.92 Å². The predicted molar refractivity (Wildman–Crippen MR) is 80.7 cm³/mol. The first-order valence-corrected chi connectivity index (χ1v) is 6.35. The molecule has 5 nitrogen and oxygen atoms in total. The Morgan fingerprint density at radius 3 is 2.45 bits per heavy atom. The molecule has 104 valence electrons. The van der Waals surface area contributed by atoms with Gasteiger partial charge in [0.05, 0.1) is 4.92 Å². The summed E-state index contributed by atoms with van der Waals surface area (Å²) in [5.74, 6) is 0. The average molecular weight is 271 g/mol. The molecule has 2 aromatic rings. The number of hydrogen-bond acceptors (Lipinski definition) is 4. The molecule has 0 saturated heterocycles. The van der Waals surface area contributed by atoms with E-state index in [0.29, 0.717) is 16.9 Å². The van der Waals surface area contributed by atoms with Gasteiger partial charge in [-0.15, -0.1) is 0 Å². The second-order valence-electron chi connectivity index (χ2n) is 4.76. The van der Waals surface area contributed by atoms with Crippen LogP contribution in [0.1, 0.15) is 24.1 Å². The zero-order chi connectivity index (χ0) is 14.7. The number of hydrogen-bond donors (Lipinski definition) is 2. The van der Waals surface area contributed by atoms with Gasteiger partial charge in [-0.3, -0.25) is 10.1 Å². The fourth-order valence-electron chi connectivity index (χ4n) is 2.12. The lowest BCUT2D eigenvalue weighted by atomic mass is 10.1. The molecule has 1 unspecified atom stereocenters. The van der Waals surface area contributed by atoms with Gasteiger partial charge in [0.2, 0.25) is 0 Å². The van der Waals surface area contributed by atoms with Crippen molar-refractivity contribution in [2.24, 2.45) is 0 Å². The summed E-state index contributed by atoms with van der Waals surface area (Å²) < 4.78 is 0. The molecule has 2 aromatic carbocycles. The highest BCUT2D eigenvalue weighted by atomic mass is 16.6. The predicted octanol–water partition coefficient (Wildman–Crippen LogP) is 3.66. The molecule has 1 atom stereocenters. The molecule has 0 radical (unpaired) electrons. The molecule has 0 saturated carbocycles. The Morgan fingerprint density at radius 1 is 1.20 bits per heavy atom. The molecule has 0 aromatic heterocycles. The number of para-hydroxylation sites is 1. The number of nitrogens with zero attached hydrogens (tertiary/aromatic N) is 1. The molecule has 2 rings (SSSR count). The Balaban J connectivity index is 2.28. The maximum Gasteiger partial charge on any atom is 0.295 e. The zero-order valence-corrected chi connectivity index (χ0v) is 11.5. The van der Waals surface area contributed by atoms with Gasteiger partial charge >= 0.3 is 0 Å². The van der Waals surface area contributed by atoms with Gasteiger partial charge in [0.1, 0.15) is 5.69 Å². The van der Waals surface area contributed by atoms with E-state index in [1.165, 1.54) is 0 Å². The smallest absolute Gasteiger partial charge is 0.295 e. The van der Waals surface area contributed by atoms with Crippen molar-refractivity contribution in [3.05, 3.63) is 63.7 Å². The summed E-state index contributed by atoms with van der Waals surface area (Å²) in [6.45, 7) is 3.69. The standard InChI is InChI=1S/C15H17N3O2/c1-10-4-3-5-14(15(10)18(19)20)17-11(2)12-6-8-13(16)9-7-12/h3-9,11,17H,16H2,1-2H3. The van der Waals surface area contributed by atoms with Crippen molar-refractivity contribution in [1.82, 2.24) is 0 Å². The number of aryl methyl sites for hydroxylation is 1. The fourth-order valence-corrected chi connectivity index (χ4v) is 2.12. The largest absolute Gasteiger partial charge is 0.399 e. The van der Waals surface area contributed by atoms with E-state index in [2.05, 4.69) is 5.32 Å². The van der Waals surface area contributed by atoms with E-state index < -0.39 is 0 Å². The summed E-state index contributed by atoms with van der Waals surface area (Å²) in [6.07, 6.45) is 0. The Kier molecular flexibility index (Phi) is 3.89. The fraction of sp³-hybridized carbons (Fsp3) is 0.200. The average Bonchev–Trinajstić information content (AvgIpc) is 2.39. The second kappa shape index (κ2) is 5.61. The van der Waals surface area contributed by atoms with E-state index in [9.17, 15) is 10.1 Å². The van der Waals surface area contributed by atoms with Gasteiger partial charge in [0.25, 0.3) is 5.69 Å². The normalized spacial score (nSPS) is 11.9. The van der Waals surface area contributed by atoms with Crippen LogP contribution in [0.4, 0.5) is 17.1 Å². The van der Waals surface area contributed by atoms with Crippen LogP contribution >= 0.6 is 0 Å². The molecule has 5 heteroatoms. The highest BCUT2D eigenvalue weighted by Gasteiger charge is 2.18. The molecule has 0 heterocycles. The van der Waals surface area contributed by atoms with Gasteiger partial charge < -0.3 is 11.1 Å². The minimum atomic E-state index is -0.354. The molecular formula is C15H17N3O2. The SMILES string of the molecule is Cc1cccc(NC(C)c2ccc(N)cc2)c1[N+](=O)[O-]. The quantitative estimate of drug-likeness (QED) is 0.505. The minimum Gasteiger partial charge on any atom is -0.399 e. The van der Waals surface area contributed by atoms with Gasteiger partial charge in [-0.1, -0.05) is 24.3 Å². The van der Waals surface area contributed by atoms with Crippen LogP contribution in [-0.2, 0) is 0 Å². The molecule has 0 aliphatic carbocycles. The van der Waals surface area contributed by atoms with Crippen LogP contribution in [0.3, 0.4) is 0 Å². The Labute approximate surface area is 117 Å². The van der Waals surface area contributed by atoms with Crippen molar-refractivity contribution in [2.75, 3.05) is 11.1 Å². The van der Waals surface area contributed by atoms with E-state index in [1.807, 2.05) is 31.2 Å². The Bertz CT molecular complexity index is 624. The topological polar surface area (TPSA) is 81.2 Å². The molecule has 0 amide bonds. The first-order chi connectivity index (χ1) is 9.49. The van der Waals surface area contributed by atoms with Crippen LogP contribution in [0.5, 0.6) is 0 Å².